The monoisotopic (exact) mass is 453 g/mol. The number of carboxylic acid groups (broad SMARTS) is 1. The molecule has 0 bridgehead atoms. The molecule has 1 atom stereocenters. The molecule has 0 radical (unpaired) electrons. The molecule has 3 amide bonds. The number of hydrogen-bond acceptors (Lipinski definition) is 6. The number of nitrogens with zero attached hydrogens (tertiary/aromatic N) is 1. The Bertz CT molecular complexity index is 666. The maximum Gasteiger partial charge on any atom is 0.408 e. The summed E-state index contributed by atoms with van der Waals surface area (Å²) < 4.78 is 5.29. The van der Waals surface area contributed by atoms with Gasteiger partial charge in [-0.3, -0.25) is 4.79 Å². The summed E-state index contributed by atoms with van der Waals surface area (Å²) in [6.45, 7) is 12.2. The molecule has 0 aromatic rings. The first-order valence-corrected chi connectivity index (χ1v) is 11.1. The van der Waals surface area contributed by atoms with Gasteiger partial charge in [0.2, 0.25) is 0 Å². The predicted octanol–water partition coefficient (Wildman–Crippen LogP) is 2.96. The third-order valence-corrected chi connectivity index (χ3v) is 4.99. The van der Waals surface area contributed by atoms with Crippen LogP contribution in [-0.4, -0.2) is 54.1 Å². The van der Waals surface area contributed by atoms with E-state index < -0.39 is 29.7 Å². The Labute approximate surface area is 190 Å². The molecule has 0 aromatic carbocycles. The molecule has 0 aromatic heterocycles. The van der Waals surface area contributed by atoms with E-state index in [1.807, 2.05) is 6.92 Å². The number of aliphatic carboxylic acids is 1. The van der Waals surface area contributed by atoms with Crippen molar-refractivity contribution in [3.8, 4) is 0 Å². The van der Waals surface area contributed by atoms with E-state index in [1.165, 1.54) is 6.21 Å². The van der Waals surface area contributed by atoms with Gasteiger partial charge in [0.25, 0.3) is 0 Å². The number of hydrazone groups is 1. The fraction of sp³-hybridized carbons (Fsp3) is 0.727. The van der Waals surface area contributed by atoms with Crippen molar-refractivity contribution in [3.05, 3.63) is 12.3 Å². The van der Waals surface area contributed by atoms with Crippen molar-refractivity contribution < 1.29 is 24.2 Å². The highest BCUT2D eigenvalue weighted by Gasteiger charge is 2.26. The molecule has 10 heteroatoms. The van der Waals surface area contributed by atoms with Crippen LogP contribution in [-0.2, 0) is 9.53 Å². The largest absolute Gasteiger partial charge is 0.481 e. The highest BCUT2D eigenvalue weighted by molar-refractivity contribution is 5.78. The van der Waals surface area contributed by atoms with Crippen molar-refractivity contribution in [2.24, 2.45) is 16.9 Å². The van der Waals surface area contributed by atoms with E-state index >= 15 is 0 Å². The molecule has 1 aliphatic carbocycles. The maximum absolute atomic E-state index is 12.1. The van der Waals surface area contributed by atoms with Crippen LogP contribution >= 0.6 is 0 Å². The van der Waals surface area contributed by atoms with Gasteiger partial charge in [-0.2, -0.15) is 5.10 Å². The third kappa shape index (κ3) is 12.8. The zero-order valence-electron chi connectivity index (χ0n) is 19.7. The molecule has 5 N–H and O–H groups in total. The quantitative estimate of drug-likeness (QED) is 0.185. The SMILES string of the molecule is C=C(C)NCCCC(/C=N/NC(=O)NCC1CCC(C(=O)O)CC1)NC(=O)OC(C)(C)C. The zero-order chi connectivity index (χ0) is 24.1. The number of alkyl carbamates (subject to hydrolysis) is 1. The number of rotatable bonds is 11. The highest BCUT2D eigenvalue weighted by atomic mass is 16.6. The molecule has 10 nitrogen and oxygen atoms in total. The summed E-state index contributed by atoms with van der Waals surface area (Å²) in [5.74, 6) is -0.749. The normalized spacial score (nSPS) is 19.6. The van der Waals surface area contributed by atoms with Gasteiger partial charge in [0.1, 0.15) is 5.60 Å². The van der Waals surface area contributed by atoms with Crippen LogP contribution < -0.4 is 21.4 Å². The minimum atomic E-state index is -0.742. The lowest BCUT2D eigenvalue weighted by Crippen LogP contribution is -2.41. The van der Waals surface area contributed by atoms with Gasteiger partial charge in [-0.15, -0.1) is 0 Å². The Morgan fingerprint density at radius 3 is 2.41 bits per heavy atom. The fourth-order valence-corrected chi connectivity index (χ4v) is 3.34. The van der Waals surface area contributed by atoms with Crippen molar-refractivity contribution in [2.75, 3.05) is 13.1 Å². The molecule has 0 aliphatic heterocycles. The van der Waals surface area contributed by atoms with Crippen LogP contribution in [0.15, 0.2) is 17.4 Å². The molecule has 1 aliphatic rings. The summed E-state index contributed by atoms with van der Waals surface area (Å²) in [5, 5.41) is 21.7. The van der Waals surface area contributed by atoms with E-state index in [9.17, 15) is 14.4 Å². The zero-order valence-corrected chi connectivity index (χ0v) is 19.7. The van der Waals surface area contributed by atoms with Crippen molar-refractivity contribution in [1.29, 1.82) is 0 Å². The number of carbonyl (C=O) groups excluding carboxylic acids is 2. The first kappa shape index (κ1) is 27.3. The van der Waals surface area contributed by atoms with Crippen LogP contribution in [0, 0.1) is 11.8 Å². The van der Waals surface area contributed by atoms with Crippen LogP contribution in [0.2, 0.25) is 0 Å². The second kappa shape index (κ2) is 13.6. The van der Waals surface area contributed by atoms with Crippen LogP contribution in [0.1, 0.15) is 66.2 Å². The average Bonchev–Trinajstić information content (AvgIpc) is 2.68. The smallest absolute Gasteiger partial charge is 0.408 e. The minimum Gasteiger partial charge on any atom is -0.481 e. The number of hydrogen-bond donors (Lipinski definition) is 5. The molecule has 1 fully saturated rings. The maximum atomic E-state index is 12.1. The second-order valence-corrected chi connectivity index (χ2v) is 9.26. The van der Waals surface area contributed by atoms with Gasteiger partial charge < -0.3 is 25.8 Å². The molecule has 182 valence electrons. The summed E-state index contributed by atoms with van der Waals surface area (Å²) in [5.41, 5.74) is 2.66. The van der Waals surface area contributed by atoms with E-state index in [-0.39, 0.29) is 11.8 Å². The molecular formula is C22H39N5O5. The number of urea groups is 1. The van der Waals surface area contributed by atoms with E-state index in [0.717, 1.165) is 25.0 Å². The van der Waals surface area contributed by atoms with Crippen molar-refractivity contribution in [3.63, 3.8) is 0 Å². The number of allylic oxidation sites excluding steroid dienone is 1. The number of nitrogens with one attached hydrogen (secondary N) is 4. The Kier molecular flexibility index (Phi) is 11.6. The third-order valence-electron chi connectivity index (χ3n) is 4.99. The second-order valence-electron chi connectivity index (χ2n) is 9.26. The van der Waals surface area contributed by atoms with Crippen LogP contribution in [0.5, 0.6) is 0 Å². The summed E-state index contributed by atoms with van der Waals surface area (Å²) in [6, 6.07) is -0.857. The Morgan fingerprint density at radius 2 is 1.84 bits per heavy atom. The number of ether oxygens (including phenoxy) is 1. The van der Waals surface area contributed by atoms with Crippen LogP contribution in [0.25, 0.3) is 0 Å². The van der Waals surface area contributed by atoms with Crippen molar-refractivity contribution in [1.82, 2.24) is 21.4 Å². The van der Waals surface area contributed by atoms with E-state index in [2.05, 4.69) is 33.1 Å². The van der Waals surface area contributed by atoms with E-state index in [1.54, 1.807) is 20.8 Å². The molecule has 1 saturated carbocycles. The van der Waals surface area contributed by atoms with Gasteiger partial charge in [-0.05, 0) is 72.1 Å². The average molecular weight is 454 g/mol. The number of amides is 3. The summed E-state index contributed by atoms with van der Waals surface area (Å²) in [7, 11) is 0. The summed E-state index contributed by atoms with van der Waals surface area (Å²) >= 11 is 0. The van der Waals surface area contributed by atoms with Gasteiger partial charge >= 0.3 is 18.1 Å². The topological polar surface area (TPSA) is 141 Å². The van der Waals surface area contributed by atoms with Gasteiger partial charge in [-0.25, -0.2) is 15.0 Å². The minimum absolute atomic E-state index is 0.266. The van der Waals surface area contributed by atoms with Gasteiger partial charge in [-0.1, -0.05) is 6.58 Å². The van der Waals surface area contributed by atoms with Gasteiger partial charge in [0, 0.05) is 25.0 Å². The molecule has 0 spiro atoms. The standard InChI is InChI=1S/C22H39N5O5/c1-15(2)23-12-6-7-18(26-21(31)32-22(3,4)5)14-25-27-20(30)24-13-16-8-10-17(11-9-16)19(28)29/h14,16-18,23H,1,6-13H2,2-5H3,(H,26,31)(H,28,29)(H2,24,27,30)/b25-14+. The van der Waals surface area contributed by atoms with E-state index in [0.29, 0.717) is 32.4 Å². The van der Waals surface area contributed by atoms with Crippen molar-refractivity contribution >= 4 is 24.3 Å². The first-order chi connectivity index (χ1) is 15.0. The predicted molar refractivity (Wildman–Crippen MR) is 123 cm³/mol. The molecule has 0 heterocycles. The lowest BCUT2D eigenvalue weighted by Gasteiger charge is -2.26. The fourth-order valence-electron chi connectivity index (χ4n) is 3.34. The van der Waals surface area contributed by atoms with Crippen LogP contribution in [0.4, 0.5) is 9.59 Å². The molecule has 0 saturated heterocycles. The molecule has 1 rings (SSSR count). The highest BCUT2D eigenvalue weighted by Crippen LogP contribution is 2.28. The summed E-state index contributed by atoms with van der Waals surface area (Å²) in [6.07, 6.45) is 5.11. The molecular weight excluding hydrogens is 414 g/mol. The Balaban J connectivity index is 2.44. The lowest BCUT2D eigenvalue weighted by molar-refractivity contribution is -0.143. The Morgan fingerprint density at radius 1 is 1.19 bits per heavy atom. The molecule has 1 unspecified atom stereocenters. The summed E-state index contributed by atoms with van der Waals surface area (Å²) in [4.78, 5) is 35.1. The number of carbonyl (C=O) groups is 3. The first-order valence-electron chi connectivity index (χ1n) is 11.1. The number of carboxylic acids is 1. The molecule has 32 heavy (non-hydrogen) atoms. The Hall–Kier alpha value is -2.78. The van der Waals surface area contributed by atoms with E-state index in [4.69, 9.17) is 9.84 Å². The van der Waals surface area contributed by atoms with Crippen molar-refractivity contribution in [2.45, 2.75) is 77.9 Å². The van der Waals surface area contributed by atoms with Gasteiger partial charge in [0.15, 0.2) is 0 Å². The van der Waals surface area contributed by atoms with Gasteiger partial charge in [0.05, 0.1) is 12.0 Å². The van der Waals surface area contributed by atoms with Crippen LogP contribution in [0.3, 0.4) is 0 Å². The lowest BCUT2D eigenvalue weighted by atomic mass is 9.82.